The summed E-state index contributed by atoms with van der Waals surface area (Å²) < 4.78 is 26.5. The van der Waals surface area contributed by atoms with Crippen molar-refractivity contribution < 1.29 is 18.7 Å². The van der Waals surface area contributed by atoms with Crippen LogP contribution in [0.25, 0.3) is 0 Å². The predicted molar refractivity (Wildman–Crippen MR) is 71.2 cm³/mol. The molecule has 5 nitrogen and oxygen atoms in total. The Balaban J connectivity index is 1.95. The quantitative estimate of drug-likeness (QED) is 0.939. The molecule has 0 aliphatic carbocycles. The predicted octanol–water partition coefficient (Wildman–Crippen LogP) is 2.29. The van der Waals surface area contributed by atoms with Gasteiger partial charge in [0.25, 0.3) is 0 Å². The summed E-state index contributed by atoms with van der Waals surface area (Å²) in [7, 11) is 0. The Morgan fingerprint density at radius 3 is 2.90 bits per heavy atom. The summed E-state index contributed by atoms with van der Waals surface area (Å²) in [6, 6.07) is 6.53. The van der Waals surface area contributed by atoms with Crippen molar-refractivity contribution in [3.8, 4) is 0 Å². The molecule has 0 saturated carbocycles. The van der Waals surface area contributed by atoms with Crippen LogP contribution in [0.5, 0.6) is 0 Å². The zero-order valence-corrected chi connectivity index (χ0v) is 11.0. The van der Waals surface area contributed by atoms with E-state index in [-0.39, 0.29) is 12.4 Å². The lowest BCUT2D eigenvalue weighted by Gasteiger charge is -2.24. The van der Waals surface area contributed by atoms with E-state index in [1.54, 1.807) is 17.0 Å². The van der Waals surface area contributed by atoms with E-state index in [1.807, 2.05) is 12.1 Å². The Kier molecular flexibility index (Phi) is 3.32. The van der Waals surface area contributed by atoms with Crippen molar-refractivity contribution in [3.05, 3.63) is 48.0 Å². The summed E-state index contributed by atoms with van der Waals surface area (Å²) in [6.45, 7) is -2.66. The van der Waals surface area contributed by atoms with Gasteiger partial charge in [-0.15, -0.1) is 0 Å². The Bertz CT molecular complexity index is 672. The maximum absolute atomic E-state index is 12.9. The molecule has 1 unspecified atom stereocenters. The second-order valence-corrected chi connectivity index (χ2v) is 4.84. The average Bonchev–Trinajstić information content (AvgIpc) is 3.04. The summed E-state index contributed by atoms with van der Waals surface area (Å²) in [5.74, 6) is -0.825. The molecule has 0 spiro atoms. The zero-order valence-electron chi connectivity index (χ0n) is 11.0. The summed E-state index contributed by atoms with van der Waals surface area (Å²) in [5.41, 5.74) is 1.66. The van der Waals surface area contributed by atoms with Crippen molar-refractivity contribution in [2.75, 3.05) is 4.90 Å². The number of imidazole rings is 1. The number of anilines is 1. The van der Waals surface area contributed by atoms with Crippen LogP contribution in [0.4, 0.5) is 14.5 Å². The highest BCUT2D eigenvalue weighted by Crippen LogP contribution is 2.33. The lowest BCUT2D eigenvalue weighted by atomic mass is 10.1. The molecule has 0 fully saturated rings. The topological polar surface area (TPSA) is 58.4 Å². The number of aliphatic carboxylic acids is 1. The van der Waals surface area contributed by atoms with Gasteiger partial charge in [0.1, 0.15) is 11.9 Å². The molecular weight excluding hydrogens is 280 g/mol. The second kappa shape index (κ2) is 5.16. The van der Waals surface area contributed by atoms with Crippen molar-refractivity contribution in [2.45, 2.75) is 25.6 Å². The van der Waals surface area contributed by atoms with E-state index >= 15 is 0 Å². The number of aromatic nitrogens is 2. The van der Waals surface area contributed by atoms with Gasteiger partial charge in [-0.2, -0.15) is 8.78 Å². The van der Waals surface area contributed by atoms with E-state index < -0.39 is 18.6 Å². The lowest BCUT2D eigenvalue weighted by Crippen LogP contribution is -2.38. The van der Waals surface area contributed by atoms with Crippen molar-refractivity contribution in [3.63, 3.8) is 0 Å². The Labute approximate surface area is 119 Å². The number of carbonyl (C=O) groups is 1. The Morgan fingerprint density at radius 2 is 2.19 bits per heavy atom. The number of halogens is 2. The molecule has 0 radical (unpaired) electrons. The van der Waals surface area contributed by atoms with Gasteiger partial charge in [-0.05, 0) is 11.6 Å². The summed E-state index contributed by atoms with van der Waals surface area (Å²) >= 11 is 0. The third-order valence-corrected chi connectivity index (χ3v) is 3.65. The summed E-state index contributed by atoms with van der Waals surface area (Å²) in [4.78, 5) is 16.9. The van der Waals surface area contributed by atoms with Gasteiger partial charge in [0.15, 0.2) is 0 Å². The van der Waals surface area contributed by atoms with Gasteiger partial charge in [0.05, 0.1) is 6.54 Å². The molecule has 1 N–H and O–H groups in total. The summed E-state index contributed by atoms with van der Waals surface area (Å²) in [5, 5.41) is 9.35. The van der Waals surface area contributed by atoms with E-state index in [0.29, 0.717) is 6.42 Å². The minimum Gasteiger partial charge on any atom is -0.480 e. The number of para-hydroxylation sites is 1. The molecule has 0 saturated heterocycles. The van der Waals surface area contributed by atoms with Gasteiger partial charge in [-0.3, -0.25) is 4.57 Å². The van der Waals surface area contributed by atoms with Crippen LogP contribution in [0.2, 0.25) is 0 Å². The molecule has 0 bridgehead atoms. The number of carboxylic acids is 1. The zero-order chi connectivity index (χ0) is 15.0. The van der Waals surface area contributed by atoms with Gasteiger partial charge in [-0.25, -0.2) is 9.78 Å². The smallest absolute Gasteiger partial charge is 0.326 e. The summed E-state index contributed by atoms with van der Waals surface area (Å²) in [6.07, 6.45) is 2.85. The van der Waals surface area contributed by atoms with E-state index in [4.69, 9.17) is 0 Å². The van der Waals surface area contributed by atoms with Gasteiger partial charge in [0, 0.05) is 24.5 Å². The fourth-order valence-electron chi connectivity index (χ4n) is 2.66. The van der Waals surface area contributed by atoms with Crippen molar-refractivity contribution in [1.82, 2.24) is 9.55 Å². The Morgan fingerprint density at radius 1 is 1.43 bits per heavy atom. The van der Waals surface area contributed by atoms with Crippen LogP contribution in [-0.4, -0.2) is 26.7 Å². The minimum atomic E-state index is -2.69. The molecule has 0 amide bonds. The van der Waals surface area contributed by atoms with Crippen LogP contribution >= 0.6 is 0 Å². The van der Waals surface area contributed by atoms with Crippen molar-refractivity contribution >= 4 is 11.7 Å². The Hall–Kier alpha value is -2.44. The normalized spacial score (nSPS) is 17.3. The molecule has 1 aromatic carbocycles. The monoisotopic (exact) mass is 293 g/mol. The number of rotatable bonds is 4. The third kappa shape index (κ3) is 2.35. The van der Waals surface area contributed by atoms with Gasteiger partial charge < -0.3 is 10.0 Å². The van der Waals surface area contributed by atoms with Gasteiger partial charge >= 0.3 is 12.5 Å². The van der Waals surface area contributed by atoms with Gasteiger partial charge in [0.2, 0.25) is 0 Å². The molecule has 2 heterocycles. The lowest BCUT2D eigenvalue weighted by molar-refractivity contribution is -0.138. The fourth-order valence-corrected chi connectivity index (χ4v) is 2.66. The molecule has 1 atom stereocenters. The molecule has 21 heavy (non-hydrogen) atoms. The molecule has 2 aromatic rings. The number of hydrogen-bond donors (Lipinski definition) is 1. The molecule has 1 aliphatic rings. The average molecular weight is 293 g/mol. The first kappa shape index (κ1) is 13.5. The number of alkyl halides is 2. The van der Waals surface area contributed by atoms with Gasteiger partial charge in [-0.1, -0.05) is 18.2 Å². The van der Waals surface area contributed by atoms with E-state index in [0.717, 1.165) is 15.8 Å². The number of benzene rings is 1. The maximum Gasteiger partial charge on any atom is 0.326 e. The van der Waals surface area contributed by atoms with Crippen LogP contribution in [-0.2, 0) is 17.8 Å². The highest BCUT2D eigenvalue weighted by atomic mass is 19.3. The van der Waals surface area contributed by atoms with Crippen LogP contribution in [0.15, 0.2) is 36.7 Å². The van der Waals surface area contributed by atoms with Crippen molar-refractivity contribution in [2.24, 2.45) is 0 Å². The van der Waals surface area contributed by atoms with Crippen LogP contribution in [0.3, 0.4) is 0 Å². The molecule has 1 aromatic heterocycles. The van der Waals surface area contributed by atoms with Crippen LogP contribution in [0, 0.1) is 0 Å². The third-order valence-electron chi connectivity index (χ3n) is 3.65. The largest absolute Gasteiger partial charge is 0.480 e. The molecular formula is C14H13F2N3O2. The van der Waals surface area contributed by atoms with E-state index in [9.17, 15) is 18.7 Å². The SMILES string of the molecule is O=C(O)C1Cc2ccccc2N1Cc1nccn1C(F)F. The minimum absolute atomic E-state index is 0.0331. The first-order valence-corrected chi connectivity index (χ1v) is 6.45. The van der Waals surface area contributed by atoms with Crippen molar-refractivity contribution in [1.29, 1.82) is 0 Å². The highest BCUT2D eigenvalue weighted by molar-refractivity contribution is 5.82. The number of fused-ring (bicyclic) bond motifs is 1. The molecule has 110 valence electrons. The molecule has 7 heteroatoms. The van der Waals surface area contributed by atoms with Crippen LogP contribution in [0.1, 0.15) is 17.9 Å². The second-order valence-electron chi connectivity index (χ2n) is 4.84. The maximum atomic E-state index is 12.9. The molecule has 3 rings (SSSR count). The fraction of sp³-hybridized carbons (Fsp3) is 0.286. The standard InChI is InChI=1S/C14H13F2N3O2/c15-14(16)18-6-5-17-12(18)8-19-10-4-2-1-3-9(10)7-11(19)13(20)21/h1-6,11,14H,7-8H2,(H,20,21). The van der Waals surface area contributed by atoms with Crippen LogP contribution < -0.4 is 4.90 Å². The first-order chi connectivity index (χ1) is 10.1. The first-order valence-electron chi connectivity index (χ1n) is 6.45. The number of carboxylic acid groups (broad SMARTS) is 1. The molecule has 1 aliphatic heterocycles. The highest BCUT2D eigenvalue weighted by Gasteiger charge is 2.35. The van der Waals surface area contributed by atoms with E-state index in [1.165, 1.54) is 12.4 Å². The number of nitrogens with zero attached hydrogens (tertiary/aromatic N) is 3. The number of hydrogen-bond acceptors (Lipinski definition) is 3. The van der Waals surface area contributed by atoms with E-state index in [2.05, 4.69) is 4.98 Å².